The molecule has 4 heteroatoms. The van der Waals surface area contributed by atoms with Crippen molar-refractivity contribution < 1.29 is 9.53 Å². The first-order chi connectivity index (χ1) is 10.3. The Balaban J connectivity index is 1.38. The average Bonchev–Trinajstić information content (AvgIpc) is 3.27. The third kappa shape index (κ3) is 3.63. The van der Waals surface area contributed by atoms with E-state index in [1.807, 2.05) is 6.92 Å². The highest BCUT2D eigenvalue weighted by Gasteiger charge is 2.43. The SMILES string of the molecule is CCOC1CC1C(=O)NCCN1CCc2ccccc2C1. The van der Waals surface area contributed by atoms with Crippen LogP contribution in [0.3, 0.4) is 0 Å². The summed E-state index contributed by atoms with van der Waals surface area (Å²) < 4.78 is 5.45. The van der Waals surface area contributed by atoms with Crippen molar-refractivity contribution in [1.82, 2.24) is 10.2 Å². The molecule has 1 saturated carbocycles. The van der Waals surface area contributed by atoms with E-state index in [9.17, 15) is 4.79 Å². The molecule has 0 bridgehead atoms. The number of hydrogen-bond acceptors (Lipinski definition) is 3. The van der Waals surface area contributed by atoms with Gasteiger partial charge in [-0.15, -0.1) is 0 Å². The Morgan fingerprint density at radius 2 is 2.19 bits per heavy atom. The molecule has 1 N–H and O–H groups in total. The standard InChI is InChI=1S/C17H24N2O2/c1-2-21-16-11-15(16)17(20)18-8-10-19-9-7-13-5-3-4-6-14(13)12-19/h3-6,15-16H,2,7-12H2,1H3,(H,18,20). The third-order valence-corrected chi connectivity index (χ3v) is 4.39. The van der Waals surface area contributed by atoms with Crippen molar-refractivity contribution in [2.75, 3.05) is 26.2 Å². The summed E-state index contributed by atoms with van der Waals surface area (Å²) in [7, 11) is 0. The molecule has 0 spiro atoms. The Bertz CT molecular complexity index is 503. The highest BCUT2D eigenvalue weighted by atomic mass is 16.5. The van der Waals surface area contributed by atoms with Crippen LogP contribution < -0.4 is 5.32 Å². The smallest absolute Gasteiger partial charge is 0.225 e. The van der Waals surface area contributed by atoms with Gasteiger partial charge in [0.25, 0.3) is 0 Å². The average molecular weight is 288 g/mol. The monoisotopic (exact) mass is 288 g/mol. The first kappa shape index (κ1) is 14.5. The summed E-state index contributed by atoms with van der Waals surface area (Å²) in [5, 5.41) is 3.04. The lowest BCUT2D eigenvalue weighted by Gasteiger charge is -2.28. The van der Waals surface area contributed by atoms with E-state index in [1.165, 1.54) is 11.1 Å². The van der Waals surface area contributed by atoms with Crippen LogP contribution in [0.15, 0.2) is 24.3 Å². The Hall–Kier alpha value is -1.39. The van der Waals surface area contributed by atoms with Crippen LogP contribution in [0.4, 0.5) is 0 Å². The summed E-state index contributed by atoms with van der Waals surface area (Å²) in [6, 6.07) is 8.64. The van der Waals surface area contributed by atoms with Crippen LogP contribution in [-0.2, 0) is 22.5 Å². The van der Waals surface area contributed by atoms with Crippen molar-refractivity contribution in [1.29, 1.82) is 0 Å². The van der Waals surface area contributed by atoms with Crippen molar-refractivity contribution in [2.24, 2.45) is 5.92 Å². The van der Waals surface area contributed by atoms with E-state index in [1.54, 1.807) is 0 Å². The summed E-state index contributed by atoms with van der Waals surface area (Å²) >= 11 is 0. The molecule has 1 heterocycles. The summed E-state index contributed by atoms with van der Waals surface area (Å²) in [6.45, 7) is 6.40. The Morgan fingerprint density at radius 3 is 3.00 bits per heavy atom. The third-order valence-electron chi connectivity index (χ3n) is 4.39. The molecule has 1 aliphatic heterocycles. The van der Waals surface area contributed by atoms with Gasteiger partial charge in [0.1, 0.15) is 0 Å². The minimum atomic E-state index is 0.0898. The summed E-state index contributed by atoms with van der Waals surface area (Å²) in [5.74, 6) is 0.248. The van der Waals surface area contributed by atoms with E-state index in [0.717, 1.165) is 39.0 Å². The highest BCUT2D eigenvalue weighted by molar-refractivity contribution is 5.82. The molecule has 21 heavy (non-hydrogen) atoms. The van der Waals surface area contributed by atoms with E-state index in [0.29, 0.717) is 6.61 Å². The molecule has 2 aliphatic rings. The maximum atomic E-state index is 11.9. The number of fused-ring (bicyclic) bond motifs is 1. The maximum Gasteiger partial charge on any atom is 0.225 e. The number of carbonyl (C=O) groups is 1. The first-order valence-corrected chi connectivity index (χ1v) is 7.96. The molecule has 1 fully saturated rings. The summed E-state index contributed by atoms with van der Waals surface area (Å²) in [6.07, 6.45) is 2.16. The van der Waals surface area contributed by atoms with Crippen molar-refractivity contribution >= 4 is 5.91 Å². The normalized spacial score (nSPS) is 24.4. The Labute approximate surface area is 126 Å². The summed E-state index contributed by atoms with van der Waals surface area (Å²) in [5.41, 5.74) is 2.89. The number of rotatable bonds is 6. The lowest BCUT2D eigenvalue weighted by molar-refractivity contribution is -0.123. The molecule has 114 valence electrons. The van der Waals surface area contributed by atoms with Crippen molar-refractivity contribution in [3.8, 4) is 0 Å². The zero-order chi connectivity index (χ0) is 14.7. The first-order valence-electron chi connectivity index (χ1n) is 7.96. The van der Waals surface area contributed by atoms with E-state index in [4.69, 9.17) is 4.74 Å². The quantitative estimate of drug-likeness (QED) is 0.864. The molecule has 1 aromatic rings. The van der Waals surface area contributed by atoms with E-state index in [-0.39, 0.29) is 17.9 Å². The Morgan fingerprint density at radius 1 is 1.38 bits per heavy atom. The fraction of sp³-hybridized carbons (Fsp3) is 0.588. The van der Waals surface area contributed by atoms with Gasteiger partial charge in [0.05, 0.1) is 12.0 Å². The zero-order valence-electron chi connectivity index (χ0n) is 12.7. The lowest BCUT2D eigenvalue weighted by atomic mass is 10.00. The highest BCUT2D eigenvalue weighted by Crippen LogP contribution is 2.33. The van der Waals surface area contributed by atoms with Crippen LogP contribution in [0.25, 0.3) is 0 Å². The lowest BCUT2D eigenvalue weighted by Crippen LogP contribution is -2.38. The Kier molecular flexibility index (Phi) is 4.56. The van der Waals surface area contributed by atoms with Crippen LogP contribution >= 0.6 is 0 Å². The van der Waals surface area contributed by atoms with Crippen LogP contribution in [-0.4, -0.2) is 43.2 Å². The molecule has 0 saturated heterocycles. The topological polar surface area (TPSA) is 41.6 Å². The minimum Gasteiger partial charge on any atom is -0.378 e. The maximum absolute atomic E-state index is 11.9. The number of benzene rings is 1. The molecule has 0 aromatic heterocycles. The second-order valence-electron chi connectivity index (χ2n) is 5.92. The van der Waals surface area contributed by atoms with Crippen LogP contribution in [0.1, 0.15) is 24.5 Å². The number of nitrogens with one attached hydrogen (secondary N) is 1. The number of carbonyl (C=O) groups excluding carboxylic acids is 1. The number of ether oxygens (including phenoxy) is 1. The van der Waals surface area contributed by atoms with Gasteiger partial charge in [0.2, 0.25) is 5.91 Å². The van der Waals surface area contributed by atoms with Gasteiger partial charge in [-0.25, -0.2) is 0 Å². The molecular weight excluding hydrogens is 264 g/mol. The van der Waals surface area contributed by atoms with Gasteiger partial charge in [-0.05, 0) is 30.9 Å². The van der Waals surface area contributed by atoms with Gasteiger partial charge in [-0.2, -0.15) is 0 Å². The van der Waals surface area contributed by atoms with Crippen molar-refractivity contribution in [2.45, 2.75) is 32.4 Å². The van der Waals surface area contributed by atoms with E-state index in [2.05, 4.69) is 34.5 Å². The molecule has 0 radical (unpaired) electrons. The van der Waals surface area contributed by atoms with Gasteiger partial charge in [-0.1, -0.05) is 24.3 Å². The molecular formula is C17H24N2O2. The molecule has 2 unspecified atom stereocenters. The van der Waals surface area contributed by atoms with Gasteiger partial charge in [0.15, 0.2) is 0 Å². The largest absolute Gasteiger partial charge is 0.378 e. The van der Waals surface area contributed by atoms with Gasteiger partial charge in [-0.3, -0.25) is 9.69 Å². The van der Waals surface area contributed by atoms with Crippen LogP contribution in [0, 0.1) is 5.92 Å². The number of nitrogens with zero attached hydrogens (tertiary/aromatic N) is 1. The molecule has 2 atom stereocenters. The minimum absolute atomic E-state index is 0.0898. The predicted octanol–water partition coefficient (Wildman–Crippen LogP) is 1.59. The second kappa shape index (κ2) is 6.58. The number of amides is 1. The fourth-order valence-electron chi connectivity index (χ4n) is 3.06. The molecule has 1 aliphatic carbocycles. The summed E-state index contributed by atoms with van der Waals surface area (Å²) in [4.78, 5) is 14.3. The zero-order valence-corrected chi connectivity index (χ0v) is 12.7. The van der Waals surface area contributed by atoms with Crippen molar-refractivity contribution in [3.63, 3.8) is 0 Å². The molecule has 4 nitrogen and oxygen atoms in total. The van der Waals surface area contributed by atoms with Crippen LogP contribution in [0.5, 0.6) is 0 Å². The second-order valence-corrected chi connectivity index (χ2v) is 5.92. The predicted molar refractivity (Wildman–Crippen MR) is 82.0 cm³/mol. The van der Waals surface area contributed by atoms with Gasteiger partial charge >= 0.3 is 0 Å². The van der Waals surface area contributed by atoms with E-state index >= 15 is 0 Å². The number of hydrogen-bond donors (Lipinski definition) is 1. The van der Waals surface area contributed by atoms with Gasteiger partial charge < -0.3 is 10.1 Å². The van der Waals surface area contributed by atoms with Crippen molar-refractivity contribution in [3.05, 3.63) is 35.4 Å². The van der Waals surface area contributed by atoms with E-state index < -0.39 is 0 Å². The van der Waals surface area contributed by atoms with Crippen LogP contribution in [0.2, 0.25) is 0 Å². The molecule has 1 amide bonds. The fourth-order valence-corrected chi connectivity index (χ4v) is 3.06. The van der Waals surface area contributed by atoms with Gasteiger partial charge in [0, 0.05) is 32.8 Å². The molecule has 1 aromatic carbocycles. The molecule has 3 rings (SSSR count).